The van der Waals surface area contributed by atoms with Crippen molar-refractivity contribution in [3.8, 4) is 0 Å². The Bertz CT molecular complexity index is 779. The van der Waals surface area contributed by atoms with Gasteiger partial charge in [0.05, 0.1) is 12.1 Å². The smallest absolute Gasteiger partial charge is 0.162 e. The molecule has 0 amide bonds. The maximum atomic E-state index is 12.8. The number of rotatable bonds is 5. The molecular weight excluding hydrogens is 362 g/mol. The van der Waals surface area contributed by atoms with Gasteiger partial charge in [-0.3, -0.25) is 9.69 Å². The topological polar surface area (TPSA) is 49.5 Å². The minimum absolute atomic E-state index is 0.0200. The second kappa shape index (κ2) is 6.77. The van der Waals surface area contributed by atoms with Gasteiger partial charge < -0.3 is 9.84 Å². The van der Waals surface area contributed by atoms with Crippen LogP contribution in [0, 0.1) is 29.1 Å². The van der Waals surface area contributed by atoms with Crippen LogP contribution in [0.4, 0.5) is 0 Å². The van der Waals surface area contributed by atoms with Crippen molar-refractivity contribution in [2.75, 3.05) is 13.7 Å². The van der Waals surface area contributed by atoms with Crippen LogP contribution in [0.15, 0.2) is 22.8 Å². The van der Waals surface area contributed by atoms with Crippen LogP contribution in [0.3, 0.4) is 0 Å². The van der Waals surface area contributed by atoms with Gasteiger partial charge in [0.1, 0.15) is 6.10 Å². The molecule has 1 N–H and O–H groups in total. The molecule has 0 bridgehead atoms. The quantitative estimate of drug-likeness (QED) is 0.716. The van der Waals surface area contributed by atoms with Crippen LogP contribution in [0.25, 0.3) is 0 Å². The summed E-state index contributed by atoms with van der Waals surface area (Å²) in [5, 5.41) is 11.4. The Morgan fingerprint density at radius 2 is 2.03 bits per heavy atom. The van der Waals surface area contributed by atoms with Crippen LogP contribution in [-0.4, -0.2) is 53.7 Å². The van der Waals surface area contributed by atoms with Crippen molar-refractivity contribution in [3.63, 3.8) is 0 Å². The molecule has 0 aromatic carbocycles. The minimum atomic E-state index is -0.868. The molecule has 2 saturated carbocycles. The van der Waals surface area contributed by atoms with Gasteiger partial charge in [-0.2, -0.15) is 0 Å². The molecule has 1 aliphatic heterocycles. The zero-order valence-electron chi connectivity index (χ0n) is 18.6. The highest BCUT2D eigenvalue weighted by atomic mass is 16.5. The van der Waals surface area contributed by atoms with Gasteiger partial charge in [0.2, 0.25) is 0 Å². The minimum Gasteiger partial charge on any atom is -0.384 e. The molecule has 8 atom stereocenters. The molecule has 4 aliphatic carbocycles. The molecule has 5 aliphatic rings. The van der Waals surface area contributed by atoms with Crippen molar-refractivity contribution in [2.45, 2.75) is 84.1 Å². The molecule has 0 aromatic rings. The summed E-state index contributed by atoms with van der Waals surface area (Å²) in [4.78, 5) is 15.5. The van der Waals surface area contributed by atoms with Crippen molar-refractivity contribution >= 4 is 5.78 Å². The first-order valence-corrected chi connectivity index (χ1v) is 11.8. The van der Waals surface area contributed by atoms with E-state index in [4.69, 9.17) is 4.74 Å². The number of hydrogen-bond donors (Lipinski definition) is 1. The Morgan fingerprint density at radius 3 is 2.62 bits per heavy atom. The average Bonchev–Trinajstić information content (AvgIpc) is 3.62. The number of Topliss-reactive ketones (excluding diaryl/α,β-unsaturated/α-hetero) is 1. The predicted octanol–water partition coefficient (Wildman–Crippen LogP) is 3.74. The van der Waals surface area contributed by atoms with Gasteiger partial charge in [-0.15, -0.1) is 0 Å². The van der Waals surface area contributed by atoms with E-state index in [-0.39, 0.29) is 17.8 Å². The maximum absolute atomic E-state index is 12.8. The zero-order valence-corrected chi connectivity index (χ0v) is 18.6. The van der Waals surface area contributed by atoms with Crippen LogP contribution in [0.5, 0.6) is 0 Å². The molecule has 1 saturated heterocycles. The largest absolute Gasteiger partial charge is 0.384 e. The normalized spacial score (nSPS) is 46.2. The highest BCUT2D eigenvalue weighted by Gasteiger charge is 2.69. The Balaban J connectivity index is 1.71. The lowest BCUT2D eigenvalue weighted by atomic mass is 9.50. The first-order valence-electron chi connectivity index (χ1n) is 11.8. The van der Waals surface area contributed by atoms with E-state index in [0.29, 0.717) is 30.3 Å². The van der Waals surface area contributed by atoms with E-state index in [2.05, 4.69) is 38.7 Å². The highest BCUT2D eigenvalue weighted by Crippen LogP contribution is 2.66. The molecule has 160 valence electrons. The summed E-state index contributed by atoms with van der Waals surface area (Å²) in [5.41, 5.74) is 3.81. The Labute approximate surface area is 175 Å². The number of carbonyl (C=O) groups is 1. The van der Waals surface area contributed by atoms with Crippen molar-refractivity contribution in [1.82, 2.24) is 4.90 Å². The number of carbonyl (C=O) groups excluding carboxylic acids is 1. The van der Waals surface area contributed by atoms with Gasteiger partial charge in [-0.25, -0.2) is 0 Å². The number of ether oxygens (including phenoxy) is 1. The molecule has 5 rings (SSSR count). The Kier molecular flexibility index (Phi) is 4.66. The van der Waals surface area contributed by atoms with Crippen LogP contribution in [0.1, 0.15) is 59.8 Å². The fourth-order valence-corrected chi connectivity index (χ4v) is 7.33. The molecule has 0 spiro atoms. The number of nitrogens with zero attached hydrogens (tertiary/aromatic N) is 1. The van der Waals surface area contributed by atoms with Gasteiger partial charge in [-0.05, 0) is 60.2 Å². The third kappa shape index (κ3) is 2.64. The molecule has 29 heavy (non-hydrogen) atoms. The second-order valence-corrected chi connectivity index (χ2v) is 10.6. The molecule has 4 nitrogen and oxygen atoms in total. The highest BCUT2D eigenvalue weighted by molar-refractivity contribution is 5.86. The van der Waals surface area contributed by atoms with Gasteiger partial charge >= 0.3 is 0 Å². The summed E-state index contributed by atoms with van der Waals surface area (Å²) in [5.74, 6) is 1.90. The molecule has 3 fully saturated rings. The van der Waals surface area contributed by atoms with E-state index in [1.54, 1.807) is 7.11 Å². The number of fused-ring (bicyclic) bond motifs is 5. The lowest BCUT2D eigenvalue weighted by Crippen LogP contribution is -2.57. The summed E-state index contributed by atoms with van der Waals surface area (Å²) in [6.07, 6.45) is 6.51. The zero-order chi connectivity index (χ0) is 20.7. The summed E-state index contributed by atoms with van der Waals surface area (Å²) in [6, 6.07) is 0.995. The monoisotopic (exact) mass is 399 g/mol. The van der Waals surface area contributed by atoms with Crippen LogP contribution < -0.4 is 0 Å². The second-order valence-electron chi connectivity index (χ2n) is 10.6. The molecule has 7 unspecified atom stereocenters. The molecule has 0 aromatic heterocycles. The van der Waals surface area contributed by atoms with Crippen molar-refractivity contribution in [3.05, 3.63) is 22.8 Å². The van der Waals surface area contributed by atoms with Crippen molar-refractivity contribution in [2.24, 2.45) is 29.1 Å². The van der Waals surface area contributed by atoms with Crippen molar-refractivity contribution in [1.29, 1.82) is 0 Å². The number of hydrogen-bond acceptors (Lipinski definition) is 4. The summed E-state index contributed by atoms with van der Waals surface area (Å²) < 4.78 is 5.92. The molecular formula is C25H37NO3. The van der Waals surface area contributed by atoms with E-state index in [9.17, 15) is 9.90 Å². The number of methoxy groups -OCH3 is 1. The van der Waals surface area contributed by atoms with Crippen molar-refractivity contribution < 1.29 is 14.6 Å². The average molecular weight is 400 g/mol. The van der Waals surface area contributed by atoms with Crippen LogP contribution in [0.2, 0.25) is 0 Å². The number of aliphatic hydroxyl groups excluding tert-OH is 1. The summed E-state index contributed by atoms with van der Waals surface area (Å²) in [7, 11) is 1.79. The Hall–Kier alpha value is -0.970. The standard InChI is InChI=1S/C25H37NO3/c1-6-25-17(9-10-18(27)24(25)28)22-23(26(22)12-15-7-8-15)20-16(13(2)3)11-19(29-5)14(4)21(20)25/h11,13-15,17,19,22-24,28H,6-10,12H2,1-5H3/t14?,17?,19?,22?,23?,24?,25-,26?/m1/s1. The first kappa shape index (κ1) is 20.0. The third-order valence-electron chi connectivity index (χ3n) is 8.88. The van der Waals surface area contributed by atoms with Gasteiger partial charge in [0.25, 0.3) is 0 Å². The first-order chi connectivity index (χ1) is 13.9. The molecule has 1 heterocycles. The summed E-state index contributed by atoms with van der Waals surface area (Å²) in [6.45, 7) is 10.2. The van der Waals surface area contributed by atoms with Crippen LogP contribution >= 0.6 is 0 Å². The summed E-state index contributed by atoms with van der Waals surface area (Å²) >= 11 is 0. The predicted molar refractivity (Wildman–Crippen MR) is 113 cm³/mol. The molecule has 4 heteroatoms. The maximum Gasteiger partial charge on any atom is 0.162 e. The van der Waals surface area contributed by atoms with E-state index in [1.165, 1.54) is 36.1 Å². The van der Waals surface area contributed by atoms with E-state index in [0.717, 1.165) is 18.8 Å². The fourth-order valence-electron chi connectivity index (χ4n) is 7.33. The van der Waals surface area contributed by atoms with Crippen LogP contribution in [-0.2, 0) is 9.53 Å². The lowest BCUT2D eigenvalue weighted by molar-refractivity contribution is -0.143. The van der Waals surface area contributed by atoms with E-state index in [1.807, 2.05) is 0 Å². The van der Waals surface area contributed by atoms with E-state index < -0.39 is 11.5 Å². The molecule has 0 radical (unpaired) electrons. The van der Waals surface area contributed by atoms with Gasteiger partial charge in [0, 0.05) is 37.5 Å². The van der Waals surface area contributed by atoms with E-state index >= 15 is 0 Å². The SMILES string of the molecule is CC[C@]12C3=C(C(C(C)C)=CC(OC)C3C)C3C(C1CCC(=O)C2O)N3CC1CC1. The number of ketones is 1. The third-order valence-corrected chi connectivity index (χ3v) is 8.88. The van der Waals surface area contributed by atoms with Gasteiger partial charge in [0.15, 0.2) is 5.78 Å². The number of aliphatic hydroxyl groups is 1. The van der Waals surface area contributed by atoms with Gasteiger partial charge in [-0.1, -0.05) is 33.8 Å². The lowest BCUT2D eigenvalue weighted by Gasteiger charge is -2.54. The Morgan fingerprint density at radius 1 is 1.31 bits per heavy atom. The fraction of sp³-hybridized carbons (Fsp3) is 0.800.